The lowest BCUT2D eigenvalue weighted by atomic mass is 9.97. The molecule has 0 bridgehead atoms. The SMILES string of the molecule is Cl.NCCN(C1CCOCC1)C1CCN(C(=O)Cc2ccccc2Cl)CC1. The molecule has 3 rings (SSSR count). The summed E-state index contributed by atoms with van der Waals surface area (Å²) in [7, 11) is 0. The highest BCUT2D eigenvalue weighted by atomic mass is 35.5. The molecule has 2 heterocycles. The van der Waals surface area contributed by atoms with Crippen LogP contribution in [0.15, 0.2) is 24.3 Å². The van der Waals surface area contributed by atoms with Crippen molar-refractivity contribution in [2.45, 2.75) is 44.2 Å². The number of halogens is 2. The molecule has 1 aromatic rings. The minimum Gasteiger partial charge on any atom is -0.381 e. The molecule has 0 atom stereocenters. The summed E-state index contributed by atoms with van der Waals surface area (Å²) >= 11 is 6.19. The Morgan fingerprint density at radius 1 is 1.15 bits per heavy atom. The van der Waals surface area contributed by atoms with E-state index < -0.39 is 0 Å². The summed E-state index contributed by atoms with van der Waals surface area (Å²) in [5.41, 5.74) is 6.78. The van der Waals surface area contributed by atoms with Gasteiger partial charge in [-0.05, 0) is 37.3 Å². The molecule has 2 fully saturated rings. The van der Waals surface area contributed by atoms with Crippen molar-refractivity contribution in [3.8, 4) is 0 Å². The van der Waals surface area contributed by atoms with Gasteiger partial charge in [0.15, 0.2) is 0 Å². The zero-order valence-corrected chi connectivity index (χ0v) is 17.4. The van der Waals surface area contributed by atoms with Gasteiger partial charge in [0.05, 0.1) is 6.42 Å². The summed E-state index contributed by atoms with van der Waals surface area (Å²) in [6.07, 6.45) is 4.60. The normalized spacial score (nSPS) is 19.1. The largest absolute Gasteiger partial charge is 0.381 e. The van der Waals surface area contributed by atoms with E-state index in [0.29, 0.717) is 30.1 Å². The average molecular weight is 416 g/mol. The summed E-state index contributed by atoms with van der Waals surface area (Å²) in [6, 6.07) is 8.69. The number of carbonyl (C=O) groups excluding carboxylic acids is 1. The standard InChI is InChI=1S/C20H30ClN3O2.ClH/c21-19-4-2-1-3-16(19)15-20(25)23-10-5-17(6-11-23)24(12-9-22)18-7-13-26-14-8-18;/h1-4,17-18H,5-15,22H2;1H. The van der Waals surface area contributed by atoms with Gasteiger partial charge in [-0.2, -0.15) is 0 Å². The first-order valence-electron chi connectivity index (χ1n) is 9.73. The zero-order valence-electron chi connectivity index (χ0n) is 15.8. The number of hydrogen-bond acceptors (Lipinski definition) is 4. The van der Waals surface area contributed by atoms with E-state index >= 15 is 0 Å². The topological polar surface area (TPSA) is 58.8 Å². The van der Waals surface area contributed by atoms with Gasteiger partial charge >= 0.3 is 0 Å². The molecule has 0 spiro atoms. The molecule has 1 aromatic carbocycles. The number of ether oxygens (including phenoxy) is 1. The van der Waals surface area contributed by atoms with Crippen LogP contribution >= 0.6 is 24.0 Å². The maximum absolute atomic E-state index is 12.6. The molecule has 0 saturated carbocycles. The minimum absolute atomic E-state index is 0. The Hall–Kier alpha value is -0.850. The third kappa shape index (κ3) is 6.06. The Kier molecular flexibility index (Phi) is 9.33. The number of carbonyl (C=O) groups is 1. The van der Waals surface area contributed by atoms with Gasteiger partial charge in [-0.25, -0.2) is 0 Å². The molecule has 0 aliphatic carbocycles. The van der Waals surface area contributed by atoms with Gasteiger partial charge in [0, 0.05) is 56.5 Å². The maximum Gasteiger partial charge on any atom is 0.227 e. The second-order valence-electron chi connectivity index (χ2n) is 7.25. The number of nitrogens with two attached hydrogens (primary N) is 1. The van der Waals surface area contributed by atoms with Crippen LogP contribution in [-0.4, -0.2) is 67.2 Å². The number of benzene rings is 1. The third-order valence-corrected chi connectivity index (χ3v) is 6.00. The van der Waals surface area contributed by atoms with Gasteiger partial charge in [-0.15, -0.1) is 12.4 Å². The van der Waals surface area contributed by atoms with E-state index in [-0.39, 0.29) is 18.3 Å². The summed E-state index contributed by atoms with van der Waals surface area (Å²) < 4.78 is 5.51. The minimum atomic E-state index is 0. The van der Waals surface area contributed by atoms with Gasteiger partial charge in [0.25, 0.3) is 0 Å². The van der Waals surface area contributed by atoms with E-state index in [1.165, 1.54) is 0 Å². The molecule has 7 heteroatoms. The molecule has 2 saturated heterocycles. The highest BCUT2D eigenvalue weighted by Crippen LogP contribution is 2.24. The number of hydrogen-bond donors (Lipinski definition) is 1. The summed E-state index contributed by atoms with van der Waals surface area (Å²) in [5, 5.41) is 0.671. The van der Waals surface area contributed by atoms with E-state index in [1.54, 1.807) is 0 Å². The van der Waals surface area contributed by atoms with Crippen molar-refractivity contribution in [2.24, 2.45) is 5.73 Å². The van der Waals surface area contributed by atoms with Gasteiger partial charge in [0.2, 0.25) is 5.91 Å². The van der Waals surface area contributed by atoms with Crippen LogP contribution in [0.3, 0.4) is 0 Å². The molecular weight excluding hydrogens is 385 g/mol. The fourth-order valence-corrected chi connectivity index (χ4v) is 4.40. The van der Waals surface area contributed by atoms with Crippen molar-refractivity contribution in [2.75, 3.05) is 39.4 Å². The van der Waals surface area contributed by atoms with E-state index in [2.05, 4.69) is 4.90 Å². The molecule has 0 radical (unpaired) electrons. The monoisotopic (exact) mass is 415 g/mol. The van der Waals surface area contributed by atoms with Gasteiger partial charge in [0.1, 0.15) is 0 Å². The summed E-state index contributed by atoms with van der Waals surface area (Å²) in [5.74, 6) is 0.174. The second kappa shape index (κ2) is 11.2. The fourth-order valence-electron chi connectivity index (χ4n) is 4.19. The Labute approximate surface area is 173 Å². The molecule has 152 valence electrons. The number of rotatable bonds is 6. The summed E-state index contributed by atoms with van der Waals surface area (Å²) in [4.78, 5) is 17.2. The average Bonchev–Trinajstić information content (AvgIpc) is 2.69. The molecule has 0 aromatic heterocycles. The van der Waals surface area contributed by atoms with Crippen LogP contribution in [0.25, 0.3) is 0 Å². The van der Waals surface area contributed by atoms with Crippen LogP contribution in [0.1, 0.15) is 31.2 Å². The number of piperidine rings is 1. The maximum atomic E-state index is 12.6. The lowest BCUT2D eigenvalue weighted by Gasteiger charge is -2.43. The Morgan fingerprint density at radius 2 is 1.78 bits per heavy atom. The van der Waals surface area contributed by atoms with Crippen molar-refractivity contribution in [3.05, 3.63) is 34.9 Å². The first-order valence-corrected chi connectivity index (χ1v) is 10.1. The van der Waals surface area contributed by atoms with Crippen molar-refractivity contribution in [1.82, 2.24) is 9.80 Å². The van der Waals surface area contributed by atoms with Crippen LogP contribution in [-0.2, 0) is 16.0 Å². The predicted molar refractivity (Wildman–Crippen MR) is 112 cm³/mol. The molecule has 1 amide bonds. The summed E-state index contributed by atoms with van der Waals surface area (Å²) in [6.45, 7) is 4.95. The van der Waals surface area contributed by atoms with Gasteiger partial charge in [-0.3, -0.25) is 9.69 Å². The number of nitrogens with zero attached hydrogens (tertiary/aromatic N) is 2. The quantitative estimate of drug-likeness (QED) is 0.775. The molecule has 0 unspecified atom stereocenters. The van der Waals surface area contributed by atoms with E-state index in [1.807, 2.05) is 29.2 Å². The highest BCUT2D eigenvalue weighted by Gasteiger charge is 2.31. The zero-order chi connectivity index (χ0) is 18.4. The first-order chi connectivity index (χ1) is 12.7. The third-order valence-electron chi connectivity index (χ3n) is 5.63. The second-order valence-corrected chi connectivity index (χ2v) is 7.66. The van der Waals surface area contributed by atoms with Gasteiger partial charge in [-0.1, -0.05) is 29.8 Å². The molecule has 2 aliphatic heterocycles. The predicted octanol–water partition coefficient (Wildman–Crippen LogP) is 2.74. The Bertz CT molecular complexity index is 588. The number of likely N-dealkylation sites (tertiary alicyclic amines) is 1. The van der Waals surface area contributed by atoms with E-state index in [4.69, 9.17) is 22.1 Å². The van der Waals surface area contributed by atoms with Crippen molar-refractivity contribution in [3.63, 3.8) is 0 Å². The van der Waals surface area contributed by atoms with Crippen LogP contribution < -0.4 is 5.73 Å². The Morgan fingerprint density at radius 3 is 2.41 bits per heavy atom. The van der Waals surface area contributed by atoms with Crippen molar-refractivity contribution >= 4 is 29.9 Å². The molecular formula is C20H31Cl2N3O2. The lowest BCUT2D eigenvalue weighted by molar-refractivity contribution is -0.132. The molecule has 27 heavy (non-hydrogen) atoms. The smallest absolute Gasteiger partial charge is 0.227 e. The van der Waals surface area contributed by atoms with Crippen molar-refractivity contribution in [1.29, 1.82) is 0 Å². The van der Waals surface area contributed by atoms with Crippen molar-refractivity contribution < 1.29 is 9.53 Å². The molecule has 2 aliphatic rings. The molecule has 5 nitrogen and oxygen atoms in total. The number of amides is 1. The van der Waals surface area contributed by atoms with Crippen LogP contribution in [0.2, 0.25) is 5.02 Å². The van der Waals surface area contributed by atoms with Gasteiger partial charge < -0.3 is 15.4 Å². The fraction of sp³-hybridized carbons (Fsp3) is 0.650. The van der Waals surface area contributed by atoms with Crippen LogP contribution in [0, 0.1) is 0 Å². The highest BCUT2D eigenvalue weighted by molar-refractivity contribution is 6.31. The first kappa shape index (κ1) is 22.4. The van der Waals surface area contributed by atoms with E-state index in [9.17, 15) is 4.79 Å². The lowest BCUT2D eigenvalue weighted by Crippen LogP contribution is -2.52. The van der Waals surface area contributed by atoms with Crippen LogP contribution in [0.5, 0.6) is 0 Å². The molecule has 2 N–H and O–H groups in total. The van der Waals surface area contributed by atoms with Crippen LogP contribution in [0.4, 0.5) is 0 Å². The Balaban J connectivity index is 0.00000261. The van der Waals surface area contributed by atoms with E-state index in [0.717, 1.165) is 64.1 Å².